The molecule has 0 N–H and O–H groups in total. The molecule has 24 heavy (non-hydrogen) atoms. The molecule has 0 aliphatic heterocycles. The molecule has 0 saturated carbocycles. The van der Waals surface area contributed by atoms with Gasteiger partial charge in [0.15, 0.2) is 0 Å². The van der Waals surface area contributed by atoms with Gasteiger partial charge >= 0.3 is 11.9 Å². The lowest BCUT2D eigenvalue weighted by atomic mass is 9.97. The van der Waals surface area contributed by atoms with Gasteiger partial charge in [0.05, 0.1) is 24.3 Å². The van der Waals surface area contributed by atoms with Gasteiger partial charge in [-0.15, -0.1) is 0 Å². The van der Waals surface area contributed by atoms with Crippen LogP contribution in [0.4, 0.5) is 0 Å². The summed E-state index contributed by atoms with van der Waals surface area (Å²) in [6.45, 7) is 14.5. The molecule has 0 heterocycles. The smallest absolute Gasteiger partial charge is 0.339 e. The first-order chi connectivity index (χ1) is 10.9. The molecule has 0 aliphatic carbocycles. The third-order valence-corrected chi connectivity index (χ3v) is 3.23. The number of hydrogen-bond acceptors (Lipinski definition) is 4. The topological polar surface area (TPSA) is 52.6 Å². The standard InChI is InChI=1S/C20H30O4/c1-8-14-10-9-11-15(17(21)23-12-19(2,3)4)16(14)18(22)24-13-20(5,6)7/h9-11H,8,12-13H2,1-7H3. The number of rotatable bonds is 5. The van der Waals surface area contributed by atoms with Crippen molar-refractivity contribution in [2.75, 3.05) is 13.2 Å². The summed E-state index contributed by atoms with van der Waals surface area (Å²) < 4.78 is 10.8. The molecule has 134 valence electrons. The van der Waals surface area contributed by atoms with E-state index in [1.165, 1.54) is 0 Å². The van der Waals surface area contributed by atoms with Crippen molar-refractivity contribution in [1.29, 1.82) is 0 Å². The number of carbonyl (C=O) groups is 2. The molecule has 1 aromatic rings. The van der Waals surface area contributed by atoms with Crippen LogP contribution < -0.4 is 0 Å². The Morgan fingerprint density at radius 1 is 0.875 bits per heavy atom. The fourth-order valence-corrected chi connectivity index (χ4v) is 2.02. The Labute approximate surface area is 145 Å². The van der Waals surface area contributed by atoms with Gasteiger partial charge < -0.3 is 9.47 Å². The van der Waals surface area contributed by atoms with Crippen LogP contribution in [0.25, 0.3) is 0 Å². The van der Waals surface area contributed by atoms with E-state index in [1.54, 1.807) is 12.1 Å². The van der Waals surface area contributed by atoms with E-state index in [2.05, 4.69) is 0 Å². The third-order valence-electron chi connectivity index (χ3n) is 3.23. The van der Waals surface area contributed by atoms with Crippen molar-refractivity contribution in [3.05, 3.63) is 34.9 Å². The average molecular weight is 334 g/mol. The highest BCUT2D eigenvalue weighted by Gasteiger charge is 2.25. The van der Waals surface area contributed by atoms with Crippen LogP contribution in [0.3, 0.4) is 0 Å². The summed E-state index contributed by atoms with van der Waals surface area (Å²) in [6.07, 6.45) is 0.639. The maximum Gasteiger partial charge on any atom is 0.339 e. The van der Waals surface area contributed by atoms with Crippen LogP contribution in [-0.2, 0) is 15.9 Å². The fraction of sp³-hybridized carbons (Fsp3) is 0.600. The lowest BCUT2D eigenvalue weighted by molar-refractivity contribution is 0.0321. The van der Waals surface area contributed by atoms with Crippen molar-refractivity contribution in [1.82, 2.24) is 0 Å². The molecule has 1 rings (SSSR count). The van der Waals surface area contributed by atoms with Gasteiger partial charge in [-0.2, -0.15) is 0 Å². The second-order valence-corrected chi connectivity index (χ2v) is 8.47. The molecule has 0 unspecified atom stereocenters. The number of aryl methyl sites for hydroxylation is 1. The summed E-state index contributed by atoms with van der Waals surface area (Å²) >= 11 is 0. The van der Waals surface area contributed by atoms with E-state index in [0.717, 1.165) is 5.56 Å². The molecule has 0 aliphatic rings. The summed E-state index contributed by atoms with van der Waals surface area (Å²) in [4.78, 5) is 25.0. The van der Waals surface area contributed by atoms with Gasteiger partial charge in [-0.25, -0.2) is 9.59 Å². The van der Waals surface area contributed by atoms with E-state index in [-0.39, 0.29) is 16.4 Å². The Kier molecular flexibility index (Phi) is 6.58. The second-order valence-electron chi connectivity index (χ2n) is 8.47. The maximum atomic E-state index is 12.6. The van der Waals surface area contributed by atoms with Crippen molar-refractivity contribution < 1.29 is 19.1 Å². The van der Waals surface area contributed by atoms with Gasteiger partial charge in [0.2, 0.25) is 0 Å². The fourth-order valence-electron chi connectivity index (χ4n) is 2.02. The number of benzene rings is 1. The van der Waals surface area contributed by atoms with Crippen LogP contribution >= 0.6 is 0 Å². The van der Waals surface area contributed by atoms with E-state index in [1.807, 2.05) is 54.5 Å². The summed E-state index contributed by atoms with van der Waals surface area (Å²) in [7, 11) is 0. The number of hydrogen-bond donors (Lipinski definition) is 0. The molecule has 0 atom stereocenters. The third kappa shape index (κ3) is 6.34. The first kappa shape index (κ1) is 20.2. The predicted molar refractivity (Wildman–Crippen MR) is 95.3 cm³/mol. The van der Waals surface area contributed by atoms with Crippen molar-refractivity contribution in [2.24, 2.45) is 10.8 Å². The molecule has 0 amide bonds. The second kappa shape index (κ2) is 7.82. The van der Waals surface area contributed by atoms with Crippen LogP contribution in [0.1, 0.15) is 74.7 Å². The van der Waals surface area contributed by atoms with Crippen LogP contribution in [0.15, 0.2) is 18.2 Å². The molecule has 0 radical (unpaired) electrons. The van der Waals surface area contributed by atoms with Gasteiger partial charge in [0, 0.05) is 0 Å². The van der Waals surface area contributed by atoms with Crippen LogP contribution in [-0.4, -0.2) is 25.2 Å². The molecule has 0 fully saturated rings. The van der Waals surface area contributed by atoms with Crippen LogP contribution in [0, 0.1) is 10.8 Å². The van der Waals surface area contributed by atoms with Gasteiger partial charge in [0.1, 0.15) is 0 Å². The summed E-state index contributed by atoms with van der Waals surface area (Å²) in [5.41, 5.74) is 1.12. The van der Waals surface area contributed by atoms with Gasteiger partial charge in [-0.1, -0.05) is 60.6 Å². The van der Waals surface area contributed by atoms with Crippen LogP contribution in [0.2, 0.25) is 0 Å². The number of esters is 2. The van der Waals surface area contributed by atoms with Gasteiger partial charge in [0.25, 0.3) is 0 Å². The SMILES string of the molecule is CCc1cccc(C(=O)OCC(C)(C)C)c1C(=O)OCC(C)(C)C. The quantitative estimate of drug-likeness (QED) is 0.735. The molecule has 0 aromatic heterocycles. The zero-order chi connectivity index (χ0) is 18.5. The van der Waals surface area contributed by atoms with Crippen molar-refractivity contribution in [2.45, 2.75) is 54.9 Å². The highest BCUT2D eigenvalue weighted by molar-refractivity contribution is 6.04. The molecular weight excluding hydrogens is 304 g/mol. The largest absolute Gasteiger partial charge is 0.462 e. The monoisotopic (exact) mass is 334 g/mol. The highest BCUT2D eigenvalue weighted by atomic mass is 16.5. The minimum absolute atomic E-state index is 0.134. The Bertz CT molecular complexity index is 589. The summed E-state index contributed by atoms with van der Waals surface area (Å²) in [5, 5.41) is 0. The van der Waals surface area contributed by atoms with E-state index in [9.17, 15) is 9.59 Å². The first-order valence-electron chi connectivity index (χ1n) is 8.41. The molecule has 1 aromatic carbocycles. The van der Waals surface area contributed by atoms with E-state index in [4.69, 9.17) is 9.47 Å². The van der Waals surface area contributed by atoms with Gasteiger partial charge in [-0.05, 0) is 28.9 Å². The molecule has 0 saturated heterocycles. The maximum absolute atomic E-state index is 12.6. The molecule has 0 spiro atoms. The predicted octanol–water partition coefficient (Wildman–Crippen LogP) is 4.65. The number of ether oxygens (including phenoxy) is 2. The normalized spacial score (nSPS) is 12.0. The van der Waals surface area contributed by atoms with E-state index < -0.39 is 11.9 Å². The molecular formula is C20H30O4. The van der Waals surface area contributed by atoms with Crippen molar-refractivity contribution in [3.63, 3.8) is 0 Å². The zero-order valence-electron chi connectivity index (χ0n) is 16.0. The molecule has 0 bridgehead atoms. The molecule has 4 nitrogen and oxygen atoms in total. The Morgan fingerprint density at radius 2 is 1.38 bits per heavy atom. The summed E-state index contributed by atoms with van der Waals surface area (Å²) in [6, 6.07) is 5.24. The van der Waals surface area contributed by atoms with Gasteiger partial charge in [-0.3, -0.25) is 0 Å². The zero-order valence-corrected chi connectivity index (χ0v) is 16.0. The number of carbonyl (C=O) groups excluding carboxylic acids is 2. The minimum Gasteiger partial charge on any atom is -0.462 e. The van der Waals surface area contributed by atoms with Crippen LogP contribution in [0.5, 0.6) is 0 Å². The Balaban J connectivity index is 3.08. The van der Waals surface area contributed by atoms with E-state index in [0.29, 0.717) is 25.2 Å². The van der Waals surface area contributed by atoms with E-state index >= 15 is 0 Å². The Morgan fingerprint density at radius 3 is 1.83 bits per heavy atom. The minimum atomic E-state index is -0.483. The average Bonchev–Trinajstić information content (AvgIpc) is 2.47. The molecule has 4 heteroatoms. The van der Waals surface area contributed by atoms with Crippen molar-refractivity contribution in [3.8, 4) is 0 Å². The summed E-state index contributed by atoms with van der Waals surface area (Å²) in [5.74, 6) is -0.951. The first-order valence-corrected chi connectivity index (χ1v) is 8.41. The lowest BCUT2D eigenvalue weighted by Gasteiger charge is -2.20. The highest BCUT2D eigenvalue weighted by Crippen LogP contribution is 2.22. The lowest BCUT2D eigenvalue weighted by Crippen LogP contribution is -2.23. The Hall–Kier alpha value is -1.84. The van der Waals surface area contributed by atoms with Crippen molar-refractivity contribution >= 4 is 11.9 Å².